The lowest BCUT2D eigenvalue weighted by Crippen LogP contribution is -2.22. The normalized spacial score (nSPS) is 12.8. The lowest BCUT2D eigenvalue weighted by atomic mass is 10.0. The quantitative estimate of drug-likeness (QED) is 0.789. The van der Waals surface area contributed by atoms with E-state index in [1.807, 2.05) is 18.2 Å². The average Bonchev–Trinajstić information content (AvgIpc) is 2.04. The number of nitrogens with two attached hydrogens (primary N) is 1. The summed E-state index contributed by atoms with van der Waals surface area (Å²) in [7, 11) is 0. The third-order valence-electron chi connectivity index (χ3n) is 2.05. The van der Waals surface area contributed by atoms with Crippen LogP contribution in [0.25, 0.3) is 0 Å². The Morgan fingerprint density at radius 1 is 1.46 bits per heavy atom. The summed E-state index contributed by atoms with van der Waals surface area (Å²) in [4.78, 5) is 0. The summed E-state index contributed by atoms with van der Waals surface area (Å²) in [5.74, 6) is 0. The second-order valence-electron chi connectivity index (χ2n) is 3.38. The van der Waals surface area contributed by atoms with E-state index >= 15 is 0 Å². The van der Waals surface area contributed by atoms with Crippen LogP contribution < -0.4 is 5.73 Å². The van der Waals surface area contributed by atoms with Crippen LogP contribution >= 0.6 is 11.6 Å². The van der Waals surface area contributed by atoms with Gasteiger partial charge in [0.05, 0.1) is 0 Å². The predicted octanol–water partition coefficient (Wildman–Crippen LogP) is 3.01. The van der Waals surface area contributed by atoms with Crippen LogP contribution in [-0.2, 0) is 6.42 Å². The molecular formula is C11H16ClN. The maximum absolute atomic E-state index is 5.92. The van der Waals surface area contributed by atoms with E-state index in [1.54, 1.807) is 0 Å². The van der Waals surface area contributed by atoms with Crippen LogP contribution in [0.2, 0.25) is 5.02 Å². The van der Waals surface area contributed by atoms with Gasteiger partial charge in [-0.25, -0.2) is 0 Å². The van der Waals surface area contributed by atoms with Gasteiger partial charge in [-0.3, -0.25) is 0 Å². The molecule has 1 nitrogen and oxygen atoms in total. The molecule has 72 valence electrons. The van der Waals surface area contributed by atoms with Crippen LogP contribution in [0.5, 0.6) is 0 Å². The number of rotatable bonds is 4. The molecule has 0 saturated heterocycles. The highest BCUT2D eigenvalue weighted by Gasteiger charge is 2.02. The van der Waals surface area contributed by atoms with Crippen molar-refractivity contribution in [1.29, 1.82) is 0 Å². The van der Waals surface area contributed by atoms with Crippen LogP contribution in [-0.4, -0.2) is 6.04 Å². The van der Waals surface area contributed by atoms with Crippen LogP contribution in [0.1, 0.15) is 25.3 Å². The Hall–Kier alpha value is -0.530. The smallest absolute Gasteiger partial charge is 0.0408 e. The minimum Gasteiger partial charge on any atom is -0.327 e. The van der Waals surface area contributed by atoms with Gasteiger partial charge in [0.15, 0.2) is 0 Å². The van der Waals surface area contributed by atoms with Gasteiger partial charge in [-0.05, 0) is 30.5 Å². The zero-order chi connectivity index (χ0) is 9.68. The fourth-order valence-electron chi connectivity index (χ4n) is 1.44. The summed E-state index contributed by atoms with van der Waals surface area (Å²) in [6.45, 7) is 2.15. The molecular weight excluding hydrogens is 182 g/mol. The van der Waals surface area contributed by atoms with Crippen LogP contribution in [0.3, 0.4) is 0 Å². The molecule has 0 unspecified atom stereocenters. The molecule has 2 N–H and O–H groups in total. The highest BCUT2D eigenvalue weighted by atomic mass is 35.5. The average molecular weight is 198 g/mol. The molecule has 0 spiro atoms. The summed E-state index contributed by atoms with van der Waals surface area (Å²) in [6.07, 6.45) is 3.14. The van der Waals surface area contributed by atoms with Gasteiger partial charge in [-0.1, -0.05) is 37.1 Å². The van der Waals surface area contributed by atoms with Crippen molar-refractivity contribution < 1.29 is 0 Å². The van der Waals surface area contributed by atoms with Gasteiger partial charge in [0.2, 0.25) is 0 Å². The van der Waals surface area contributed by atoms with Gasteiger partial charge in [-0.15, -0.1) is 0 Å². The highest BCUT2D eigenvalue weighted by molar-refractivity contribution is 6.30. The number of hydrogen-bond acceptors (Lipinski definition) is 1. The molecule has 1 rings (SSSR count). The first-order valence-corrected chi connectivity index (χ1v) is 5.10. The first-order valence-electron chi connectivity index (χ1n) is 4.72. The third-order valence-corrected chi connectivity index (χ3v) is 2.28. The topological polar surface area (TPSA) is 26.0 Å². The molecule has 0 aliphatic carbocycles. The minimum absolute atomic E-state index is 0.267. The van der Waals surface area contributed by atoms with E-state index in [2.05, 4.69) is 13.0 Å². The summed E-state index contributed by atoms with van der Waals surface area (Å²) >= 11 is 5.86. The molecule has 0 aliphatic rings. The molecule has 2 heteroatoms. The van der Waals surface area contributed by atoms with E-state index in [4.69, 9.17) is 17.3 Å². The fourth-order valence-corrected chi connectivity index (χ4v) is 1.65. The molecule has 0 fully saturated rings. The fraction of sp³-hybridized carbons (Fsp3) is 0.455. The van der Waals surface area contributed by atoms with Crippen molar-refractivity contribution in [2.24, 2.45) is 5.73 Å². The molecule has 0 radical (unpaired) electrons. The molecule has 0 aromatic heterocycles. The van der Waals surface area contributed by atoms with E-state index in [0.717, 1.165) is 24.3 Å². The van der Waals surface area contributed by atoms with Gasteiger partial charge < -0.3 is 5.73 Å². The zero-order valence-electron chi connectivity index (χ0n) is 7.96. The number of benzene rings is 1. The van der Waals surface area contributed by atoms with Crippen molar-refractivity contribution in [3.63, 3.8) is 0 Å². The van der Waals surface area contributed by atoms with E-state index in [9.17, 15) is 0 Å². The van der Waals surface area contributed by atoms with Gasteiger partial charge in [0, 0.05) is 11.1 Å². The largest absolute Gasteiger partial charge is 0.327 e. The second kappa shape index (κ2) is 5.25. The molecule has 1 atom stereocenters. The maximum atomic E-state index is 5.92. The number of hydrogen-bond donors (Lipinski definition) is 1. The van der Waals surface area contributed by atoms with Crippen molar-refractivity contribution in [1.82, 2.24) is 0 Å². The highest BCUT2D eigenvalue weighted by Crippen LogP contribution is 2.12. The Kier molecular flexibility index (Phi) is 4.26. The minimum atomic E-state index is 0.267. The van der Waals surface area contributed by atoms with Gasteiger partial charge in [0.25, 0.3) is 0 Å². The van der Waals surface area contributed by atoms with Crippen molar-refractivity contribution >= 4 is 11.6 Å². The van der Waals surface area contributed by atoms with Gasteiger partial charge >= 0.3 is 0 Å². The van der Waals surface area contributed by atoms with Crippen LogP contribution in [0, 0.1) is 0 Å². The molecule has 0 heterocycles. The molecule has 13 heavy (non-hydrogen) atoms. The monoisotopic (exact) mass is 197 g/mol. The summed E-state index contributed by atoms with van der Waals surface area (Å²) in [5.41, 5.74) is 7.15. The van der Waals surface area contributed by atoms with E-state index < -0.39 is 0 Å². The maximum Gasteiger partial charge on any atom is 0.0408 e. The summed E-state index contributed by atoms with van der Waals surface area (Å²) in [6, 6.07) is 8.18. The summed E-state index contributed by atoms with van der Waals surface area (Å²) < 4.78 is 0. The Labute approximate surface area is 84.9 Å². The first kappa shape index (κ1) is 10.6. The van der Waals surface area contributed by atoms with Gasteiger partial charge in [-0.2, -0.15) is 0 Å². The standard InChI is InChI=1S/C11H16ClN/c1-2-4-11(13)8-9-5-3-6-10(12)7-9/h3,5-7,11H,2,4,8,13H2,1H3/t11-/m1/s1. The Morgan fingerprint density at radius 3 is 2.85 bits per heavy atom. The molecule has 0 amide bonds. The molecule has 0 aliphatic heterocycles. The van der Waals surface area contributed by atoms with Gasteiger partial charge in [0.1, 0.15) is 0 Å². The first-order chi connectivity index (χ1) is 6.22. The predicted molar refractivity (Wildman–Crippen MR) is 58.0 cm³/mol. The molecule has 1 aromatic rings. The van der Waals surface area contributed by atoms with E-state index in [-0.39, 0.29) is 6.04 Å². The van der Waals surface area contributed by atoms with Crippen LogP contribution in [0.4, 0.5) is 0 Å². The Morgan fingerprint density at radius 2 is 2.23 bits per heavy atom. The number of halogens is 1. The van der Waals surface area contributed by atoms with E-state index in [1.165, 1.54) is 5.56 Å². The van der Waals surface area contributed by atoms with Crippen molar-refractivity contribution in [2.75, 3.05) is 0 Å². The molecule has 1 aromatic carbocycles. The lowest BCUT2D eigenvalue weighted by Gasteiger charge is -2.09. The van der Waals surface area contributed by atoms with Crippen molar-refractivity contribution in [3.8, 4) is 0 Å². The molecule has 0 saturated carbocycles. The third kappa shape index (κ3) is 3.79. The van der Waals surface area contributed by atoms with E-state index in [0.29, 0.717) is 0 Å². The SMILES string of the molecule is CCC[C@@H](N)Cc1cccc(Cl)c1. The Bertz CT molecular complexity index is 260. The summed E-state index contributed by atoms with van der Waals surface area (Å²) in [5, 5.41) is 0.793. The second-order valence-corrected chi connectivity index (χ2v) is 3.82. The van der Waals surface area contributed by atoms with Crippen molar-refractivity contribution in [2.45, 2.75) is 32.2 Å². The lowest BCUT2D eigenvalue weighted by molar-refractivity contribution is 0.600. The van der Waals surface area contributed by atoms with Crippen molar-refractivity contribution in [3.05, 3.63) is 34.9 Å². The van der Waals surface area contributed by atoms with Crippen LogP contribution in [0.15, 0.2) is 24.3 Å². The Balaban J connectivity index is 2.53. The zero-order valence-corrected chi connectivity index (χ0v) is 8.72. The molecule has 0 bridgehead atoms.